The van der Waals surface area contributed by atoms with Crippen LogP contribution in [-0.2, 0) is 21.2 Å². The van der Waals surface area contributed by atoms with E-state index in [0.717, 1.165) is 5.01 Å². The number of imidazole rings is 1. The number of aryl methyl sites for hydroxylation is 2. The molecule has 7 nitrogen and oxygen atoms in total. The van der Waals surface area contributed by atoms with E-state index in [-0.39, 0.29) is 5.03 Å². The highest BCUT2D eigenvalue weighted by Crippen LogP contribution is 2.25. The second-order valence-corrected chi connectivity index (χ2v) is 7.56. The minimum absolute atomic E-state index is 0.209. The normalized spacial score (nSPS) is 17.9. The summed E-state index contributed by atoms with van der Waals surface area (Å²) in [6, 6.07) is 0. The van der Waals surface area contributed by atoms with Crippen LogP contribution in [0.4, 0.5) is 0 Å². The maximum atomic E-state index is 12.8. The van der Waals surface area contributed by atoms with Crippen molar-refractivity contribution in [3.63, 3.8) is 0 Å². The fraction of sp³-hybridized carbons (Fsp3) is 0.636. The van der Waals surface area contributed by atoms with Crippen LogP contribution >= 0.6 is 11.3 Å². The first-order valence-corrected chi connectivity index (χ1v) is 8.72. The van der Waals surface area contributed by atoms with Crippen LogP contribution in [0.15, 0.2) is 5.03 Å². The van der Waals surface area contributed by atoms with Gasteiger partial charge in [0.05, 0.1) is 18.9 Å². The molecule has 2 aromatic rings. The molecule has 0 spiro atoms. The van der Waals surface area contributed by atoms with Gasteiger partial charge in [0, 0.05) is 13.1 Å². The van der Waals surface area contributed by atoms with Gasteiger partial charge in [0.15, 0.2) is 5.03 Å². The molecule has 20 heavy (non-hydrogen) atoms. The van der Waals surface area contributed by atoms with Crippen molar-refractivity contribution >= 4 is 26.3 Å². The first-order valence-electron chi connectivity index (χ1n) is 6.47. The van der Waals surface area contributed by atoms with E-state index < -0.39 is 10.0 Å². The molecule has 0 atom stereocenters. The third-order valence-corrected chi connectivity index (χ3v) is 5.99. The van der Waals surface area contributed by atoms with Crippen LogP contribution in [0, 0.1) is 6.92 Å². The Kier molecular flexibility index (Phi) is 3.53. The molecule has 0 saturated carbocycles. The zero-order valence-corrected chi connectivity index (χ0v) is 13.0. The molecule has 3 heterocycles. The summed E-state index contributed by atoms with van der Waals surface area (Å²) in [7, 11) is -3.58. The number of hydrogen-bond acceptors (Lipinski definition) is 6. The molecule has 1 fully saturated rings. The number of morpholine rings is 1. The molecule has 110 valence electrons. The Morgan fingerprint density at radius 3 is 2.70 bits per heavy atom. The van der Waals surface area contributed by atoms with Crippen molar-refractivity contribution in [3.05, 3.63) is 10.7 Å². The highest BCUT2D eigenvalue weighted by atomic mass is 32.2. The second kappa shape index (κ2) is 5.06. The zero-order valence-electron chi connectivity index (χ0n) is 11.4. The monoisotopic (exact) mass is 316 g/mol. The van der Waals surface area contributed by atoms with Gasteiger partial charge in [-0.3, -0.25) is 0 Å². The molecule has 9 heteroatoms. The molecular weight excluding hydrogens is 300 g/mol. The van der Waals surface area contributed by atoms with Crippen LogP contribution in [0.3, 0.4) is 0 Å². The first kappa shape index (κ1) is 13.9. The van der Waals surface area contributed by atoms with Gasteiger partial charge in [-0.15, -0.1) is 0 Å². The minimum atomic E-state index is -3.58. The average molecular weight is 316 g/mol. The fourth-order valence-electron chi connectivity index (χ4n) is 2.27. The summed E-state index contributed by atoms with van der Waals surface area (Å²) in [4.78, 5) is 5.03. The predicted octanol–water partition coefficient (Wildman–Crippen LogP) is 0.683. The van der Waals surface area contributed by atoms with Gasteiger partial charge in [-0.1, -0.05) is 18.3 Å². The van der Waals surface area contributed by atoms with E-state index in [2.05, 4.69) is 10.1 Å². The van der Waals surface area contributed by atoms with Crippen molar-refractivity contribution in [3.8, 4) is 0 Å². The Labute approximate surface area is 121 Å². The molecule has 3 rings (SSSR count). The average Bonchev–Trinajstić information content (AvgIpc) is 2.94. The summed E-state index contributed by atoms with van der Waals surface area (Å²) < 4.78 is 33.8. The lowest BCUT2D eigenvalue weighted by molar-refractivity contribution is 0.0728. The Hall–Kier alpha value is -1.03. The Bertz CT molecular complexity index is 728. The smallest absolute Gasteiger partial charge is 0.262 e. The van der Waals surface area contributed by atoms with Crippen LogP contribution in [0.5, 0.6) is 0 Å². The van der Waals surface area contributed by atoms with E-state index >= 15 is 0 Å². The standard InChI is InChI=1S/C11H16N4O3S2/c1-3-9-10(15-11(12-9)19-8(2)13-15)20(16,17)14-4-6-18-7-5-14/h3-7H2,1-2H3. The van der Waals surface area contributed by atoms with E-state index in [0.29, 0.717) is 43.4 Å². The number of sulfonamides is 1. The largest absolute Gasteiger partial charge is 0.379 e. The molecule has 0 N–H and O–H groups in total. The summed E-state index contributed by atoms with van der Waals surface area (Å²) in [5.74, 6) is 0. The van der Waals surface area contributed by atoms with Crippen molar-refractivity contribution in [1.82, 2.24) is 18.9 Å². The molecule has 0 unspecified atom stereocenters. The molecule has 2 aromatic heterocycles. The molecule has 0 bridgehead atoms. The highest BCUT2D eigenvalue weighted by Gasteiger charge is 2.33. The van der Waals surface area contributed by atoms with Gasteiger partial charge < -0.3 is 4.74 Å². The van der Waals surface area contributed by atoms with E-state index in [4.69, 9.17) is 4.74 Å². The maximum absolute atomic E-state index is 12.8. The molecular formula is C11H16N4O3S2. The van der Waals surface area contributed by atoms with E-state index in [1.165, 1.54) is 20.2 Å². The molecule has 0 amide bonds. The maximum Gasteiger partial charge on any atom is 0.262 e. The van der Waals surface area contributed by atoms with Gasteiger partial charge in [0.1, 0.15) is 5.01 Å². The van der Waals surface area contributed by atoms with Crippen molar-refractivity contribution in [2.45, 2.75) is 25.3 Å². The molecule has 1 aliphatic rings. The number of nitrogens with zero attached hydrogens (tertiary/aromatic N) is 4. The molecule has 0 aliphatic carbocycles. The third-order valence-electron chi connectivity index (χ3n) is 3.22. The lowest BCUT2D eigenvalue weighted by atomic mass is 10.4. The highest BCUT2D eigenvalue weighted by molar-refractivity contribution is 7.89. The Balaban J connectivity index is 2.15. The lowest BCUT2D eigenvalue weighted by Crippen LogP contribution is -2.41. The summed E-state index contributed by atoms with van der Waals surface area (Å²) in [6.45, 7) is 5.36. The fourth-order valence-corrected chi connectivity index (χ4v) is 4.79. The SMILES string of the molecule is CCc1nc2sc(C)nn2c1S(=O)(=O)N1CCOCC1. The summed E-state index contributed by atoms with van der Waals surface area (Å²) >= 11 is 1.40. The van der Waals surface area contributed by atoms with E-state index in [9.17, 15) is 8.42 Å². The van der Waals surface area contributed by atoms with Gasteiger partial charge in [0.2, 0.25) is 4.96 Å². The van der Waals surface area contributed by atoms with Crippen LogP contribution in [-0.4, -0.2) is 53.6 Å². The minimum Gasteiger partial charge on any atom is -0.379 e. The van der Waals surface area contributed by atoms with E-state index in [1.807, 2.05) is 13.8 Å². The topological polar surface area (TPSA) is 76.8 Å². The van der Waals surface area contributed by atoms with Gasteiger partial charge in [-0.25, -0.2) is 13.4 Å². The van der Waals surface area contributed by atoms with Crippen molar-refractivity contribution in [2.75, 3.05) is 26.3 Å². The van der Waals surface area contributed by atoms with Crippen molar-refractivity contribution in [1.29, 1.82) is 0 Å². The zero-order chi connectivity index (χ0) is 14.3. The lowest BCUT2D eigenvalue weighted by Gasteiger charge is -2.25. The third kappa shape index (κ3) is 2.14. The summed E-state index contributed by atoms with van der Waals surface area (Å²) in [6.07, 6.45) is 0.564. The molecule has 1 saturated heterocycles. The Morgan fingerprint density at radius 1 is 1.35 bits per heavy atom. The van der Waals surface area contributed by atoms with Crippen LogP contribution in [0.2, 0.25) is 0 Å². The number of aromatic nitrogens is 3. The second-order valence-electron chi connectivity index (χ2n) is 4.55. The number of hydrogen-bond donors (Lipinski definition) is 0. The number of ether oxygens (including phenoxy) is 1. The molecule has 1 aliphatic heterocycles. The van der Waals surface area contributed by atoms with Gasteiger partial charge >= 0.3 is 0 Å². The molecule has 0 aromatic carbocycles. The number of rotatable bonds is 3. The summed E-state index contributed by atoms with van der Waals surface area (Å²) in [5.41, 5.74) is 0.579. The van der Waals surface area contributed by atoms with Gasteiger partial charge in [-0.2, -0.15) is 13.9 Å². The van der Waals surface area contributed by atoms with E-state index in [1.54, 1.807) is 0 Å². The van der Waals surface area contributed by atoms with Gasteiger partial charge in [-0.05, 0) is 13.3 Å². The molecule has 0 radical (unpaired) electrons. The number of fused-ring (bicyclic) bond motifs is 1. The van der Waals surface area contributed by atoms with Crippen LogP contribution < -0.4 is 0 Å². The quantitative estimate of drug-likeness (QED) is 0.832. The first-order chi connectivity index (χ1) is 9.54. The van der Waals surface area contributed by atoms with Gasteiger partial charge in [0.25, 0.3) is 10.0 Å². The van der Waals surface area contributed by atoms with Crippen molar-refractivity contribution in [2.24, 2.45) is 0 Å². The van der Waals surface area contributed by atoms with Crippen LogP contribution in [0.1, 0.15) is 17.6 Å². The predicted molar refractivity (Wildman–Crippen MR) is 74.6 cm³/mol. The Morgan fingerprint density at radius 2 is 2.05 bits per heavy atom. The van der Waals surface area contributed by atoms with Crippen LogP contribution in [0.25, 0.3) is 4.96 Å². The summed E-state index contributed by atoms with van der Waals surface area (Å²) in [5, 5.41) is 5.29. The van der Waals surface area contributed by atoms with Crippen molar-refractivity contribution < 1.29 is 13.2 Å².